The van der Waals surface area contributed by atoms with Gasteiger partial charge in [-0.15, -0.1) is 11.3 Å². The van der Waals surface area contributed by atoms with E-state index in [1.165, 1.54) is 19.3 Å². The summed E-state index contributed by atoms with van der Waals surface area (Å²) in [5, 5.41) is 12.9. The summed E-state index contributed by atoms with van der Waals surface area (Å²) < 4.78 is 5.94. The second-order valence-electron chi connectivity index (χ2n) is 5.70. The lowest BCUT2D eigenvalue weighted by Crippen LogP contribution is -2.49. The highest BCUT2D eigenvalue weighted by Crippen LogP contribution is 2.49. The number of thiophene rings is 1. The van der Waals surface area contributed by atoms with Crippen molar-refractivity contribution in [1.82, 2.24) is 0 Å². The van der Waals surface area contributed by atoms with E-state index in [0.29, 0.717) is 5.92 Å². The van der Waals surface area contributed by atoms with Gasteiger partial charge in [0, 0.05) is 11.5 Å². The smallest absolute Gasteiger partial charge is 0.0989 e. The lowest BCUT2D eigenvalue weighted by Gasteiger charge is -2.50. The van der Waals surface area contributed by atoms with Crippen molar-refractivity contribution >= 4 is 11.3 Å². The molecule has 2 heterocycles. The molecule has 2 aliphatic rings. The van der Waals surface area contributed by atoms with Crippen molar-refractivity contribution < 1.29 is 9.84 Å². The highest BCUT2D eigenvalue weighted by Gasteiger charge is 2.47. The lowest BCUT2D eigenvalue weighted by molar-refractivity contribution is -0.173. The predicted octanol–water partition coefficient (Wildman–Crippen LogP) is 3.30. The molecule has 1 aliphatic heterocycles. The third-order valence-electron chi connectivity index (χ3n) is 4.57. The van der Waals surface area contributed by atoms with Crippen LogP contribution in [0.1, 0.15) is 43.9 Å². The van der Waals surface area contributed by atoms with Crippen LogP contribution in [0.5, 0.6) is 0 Å². The monoisotopic (exact) mass is 252 g/mol. The molecule has 1 spiro atoms. The molecular formula is C14H20O2S. The molecule has 1 saturated heterocycles. The van der Waals surface area contributed by atoms with Crippen LogP contribution >= 0.6 is 11.3 Å². The van der Waals surface area contributed by atoms with Gasteiger partial charge in [-0.3, -0.25) is 0 Å². The maximum absolute atomic E-state index is 10.8. The Labute approximate surface area is 107 Å². The summed E-state index contributed by atoms with van der Waals surface area (Å²) >= 11 is 1.66. The molecule has 3 rings (SSSR count). The van der Waals surface area contributed by atoms with Gasteiger partial charge in [0.25, 0.3) is 0 Å². The summed E-state index contributed by atoms with van der Waals surface area (Å²) in [5.41, 5.74) is -0.565. The fourth-order valence-electron chi connectivity index (χ4n) is 3.19. The Hall–Kier alpha value is -0.380. The van der Waals surface area contributed by atoms with Crippen molar-refractivity contribution in [1.29, 1.82) is 0 Å². The molecule has 0 amide bonds. The zero-order valence-corrected chi connectivity index (χ0v) is 11.1. The molecule has 3 heteroatoms. The van der Waals surface area contributed by atoms with E-state index in [1.807, 2.05) is 24.4 Å². The van der Waals surface area contributed by atoms with E-state index in [2.05, 4.69) is 0 Å². The van der Waals surface area contributed by atoms with Crippen LogP contribution in [0.4, 0.5) is 0 Å². The van der Waals surface area contributed by atoms with Gasteiger partial charge in [0.1, 0.15) is 0 Å². The minimum Gasteiger partial charge on any atom is -0.384 e. The molecule has 2 unspecified atom stereocenters. The molecular weight excluding hydrogens is 232 g/mol. The number of hydrogen-bond donors (Lipinski definition) is 1. The zero-order chi connectivity index (χ0) is 11.9. The first-order chi connectivity index (χ1) is 8.12. The summed E-state index contributed by atoms with van der Waals surface area (Å²) in [5.74, 6) is 0.343. The van der Waals surface area contributed by atoms with Crippen LogP contribution in [0.3, 0.4) is 0 Å². The molecule has 1 saturated carbocycles. The summed E-state index contributed by atoms with van der Waals surface area (Å²) in [4.78, 5) is 1.10. The molecule has 2 fully saturated rings. The average molecular weight is 252 g/mol. The van der Waals surface area contributed by atoms with Crippen LogP contribution in [-0.4, -0.2) is 17.3 Å². The maximum atomic E-state index is 10.8. The van der Waals surface area contributed by atoms with Crippen LogP contribution in [0.2, 0.25) is 0 Å². The largest absolute Gasteiger partial charge is 0.384 e. The van der Waals surface area contributed by atoms with Gasteiger partial charge >= 0.3 is 0 Å². The Kier molecular flexibility index (Phi) is 2.80. The van der Waals surface area contributed by atoms with Gasteiger partial charge in [-0.2, -0.15) is 0 Å². The van der Waals surface area contributed by atoms with Gasteiger partial charge in [-0.05, 0) is 56.4 Å². The van der Waals surface area contributed by atoms with E-state index in [-0.39, 0.29) is 5.60 Å². The van der Waals surface area contributed by atoms with Crippen LogP contribution < -0.4 is 0 Å². The second-order valence-corrected chi connectivity index (χ2v) is 6.65. The molecule has 0 aromatic carbocycles. The molecule has 2 atom stereocenters. The SMILES string of the molecule is CC(O)(c1cccs1)C1CCOC2(CCC2)C1. The molecule has 1 aromatic rings. The number of rotatable bonds is 2. The van der Waals surface area contributed by atoms with E-state index in [0.717, 1.165) is 24.3 Å². The molecule has 1 aliphatic carbocycles. The first-order valence-corrected chi connectivity index (χ1v) is 7.41. The number of ether oxygens (including phenoxy) is 1. The highest BCUT2D eigenvalue weighted by atomic mass is 32.1. The van der Waals surface area contributed by atoms with Crippen molar-refractivity contribution in [2.45, 2.75) is 50.2 Å². The third-order valence-corrected chi connectivity index (χ3v) is 5.67. The van der Waals surface area contributed by atoms with Gasteiger partial charge in [0.05, 0.1) is 11.2 Å². The Morgan fingerprint density at radius 3 is 2.94 bits per heavy atom. The van der Waals surface area contributed by atoms with Gasteiger partial charge in [-0.25, -0.2) is 0 Å². The van der Waals surface area contributed by atoms with E-state index in [9.17, 15) is 5.11 Å². The highest BCUT2D eigenvalue weighted by molar-refractivity contribution is 7.10. The number of hydrogen-bond acceptors (Lipinski definition) is 3. The Morgan fingerprint density at radius 2 is 2.35 bits per heavy atom. The maximum Gasteiger partial charge on any atom is 0.0989 e. The lowest BCUT2D eigenvalue weighted by atomic mass is 9.68. The summed E-state index contributed by atoms with van der Waals surface area (Å²) in [6.07, 6.45) is 5.66. The van der Waals surface area contributed by atoms with Crippen LogP contribution in [0.15, 0.2) is 17.5 Å². The van der Waals surface area contributed by atoms with Crippen molar-refractivity contribution in [3.8, 4) is 0 Å². The fraction of sp³-hybridized carbons (Fsp3) is 0.714. The van der Waals surface area contributed by atoms with E-state index in [4.69, 9.17) is 4.74 Å². The zero-order valence-electron chi connectivity index (χ0n) is 10.3. The van der Waals surface area contributed by atoms with Crippen LogP contribution in [0.25, 0.3) is 0 Å². The van der Waals surface area contributed by atoms with Crippen molar-refractivity contribution in [2.75, 3.05) is 6.61 Å². The minimum atomic E-state index is -0.680. The Balaban J connectivity index is 1.79. The molecule has 17 heavy (non-hydrogen) atoms. The minimum absolute atomic E-state index is 0.115. The van der Waals surface area contributed by atoms with Crippen LogP contribution in [0, 0.1) is 5.92 Å². The van der Waals surface area contributed by atoms with Gasteiger partial charge in [0.15, 0.2) is 0 Å². The molecule has 1 aromatic heterocycles. The van der Waals surface area contributed by atoms with Gasteiger partial charge < -0.3 is 9.84 Å². The topological polar surface area (TPSA) is 29.5 Å². The summed E-state index contributed by atoms with van der Waals surface area (Å²) in [7, 11) is 0. The van der Waals surface area contributed by atoms with E-state index < -0.39 is 5.60 Å². The van der Waals surface area contributed by atoms with E-state index >= 15 is 0 Å². The van der Waals surface area contributed by atoms with E-state index in [1.54, 1.807) is 11.3 Å². The Morgan fingerprint density at radius 1 is 1.53 bits per heavy atom. The van der Waals surface area contributed by atoms with Gasteiger partial charge in [0.2, 0.25) is 0 Å². The molecule has 0 radical (unpaired) electrons. The standard InChI is InChI=1S/C14H20O2S/c1-13(15,12-4-2-9-17-12)11-5-8-16-14(10-11)6-3-7-14/h2,4,9,11,15H,3,5-8,10H2,1H3. The molecule has 0 bridgehead atoms. The average Bonchev–Trinajstić information content (AvgIpc) is 2.81. The third kappa shape index (κ3) is 1.94. The van der Waals surface area contributed by atoms with Crippen molar-refractivity contribution in [3.63, 3.8) is 0 Å². The quantitative estimate of drug-likeness (QED) is 0.875. The summed E-state index contributed by atoms with van der Waals surface area (Å²) in [6.45, 7) is 2.79. The summed E-state index contributed by atoms with van der Waals surface area (Å²) in [6, 6.07) is 4.07. The normalized spacial score (nSPS) is 30.8. The first-order valence-electron chi connectivity index (χ1n) is 6.53. The van der Waals surface area contributed by atoms with Gasteiger partial charge in [-0.1, -0.05) is 6.07 Å². The van der Waals surface area contributed by atoms with Crippen molar-refractivity contribution in [3.05, 3.63) is 22.4 Å². The molecule has 2 nitrogen and oxygen atoms in total. The number of aliphatic hydroxyl groups is 1. The van der Waals surface area contributed by atoms with Crippen LogP contribution in [-0.2, 0) is 10.3 Å². The first kappa shape index (κ1) is 11.7. The Bertz CT molecular complexity index is 379. The predicted molar refractivity (Wildman–Crippen MR) is 69.1 cm³/mol. The van der Waals surface area contributed by atoms with Crippen molar-refractivity contribution in [2.24, 2.45) is 5.92 Å². The molecule has 94 valence electrons. The second kappa shape index (κ2) is 4.08. The molecule has 1 N–H and O–H groups in total. The fourth-order valence-corrected chi connectivity index (χ4v) is 4.06.